The van der Waals surface area contributed by atoms with Gasteiger partial charge in [0.1, 0.15) is 0 Å². The molecule has 0 aliphatic heterocycles. The van der Waals surface area contributed by atoms with Crippen molar-refractivity contribution in [1.29, 1.82) is 0 Å². The lowest BCUT2D eigenvalue weighted by Crippen LogP contribution is -2.26. The van der Waals surface area contributed by atoms with Crippen LogP contribution in [0.15, 0.2) is 22.1 Å². The summed E-state index contributed by atoms with van der Waals surface area (Å²) in [6, 6.07) is 1.97. The highest BCUT2D eigenvalue weighted by atomic mass is 79.9. The largest absolute Gasteiger partial charge is 0.383 e. The van der Waals surface area contributed by atoms with E-state index in [-0.39, 0.29) is 6.04 Å². The predicted molar refractivity (Wildman–Crippen MR) is 91.3 cm³/mol. The second kappa shape index (κ2) is 8.29. The maximum atomic E-state index is 6.34. The lowest BCUT2D eigenvalue weighted by atomic mass is 10.1. The van der Waals surface area contributed by atoms with Gasteiger partial charge in [0.05, 0.1) is 40.6 Å². The molecule has 2 heterocycles. The van der Waals surface area contributed by atoms with Crippen LogP contribution in [0.4, 0.5) is 0 Å². The molecule has 4 nitrogen and oxygen atoms in total. The minimum absolute atomic E-state index is 0.0335. The molecule has 0 aliphatic rings. The summed E-state index contributed by atoms with van der Waals surface area (Å²) in [6.07, 6.45) is 2.89. The van der Waals surface area contributed by atoms with Crippen LogP contribution in [0, 0.1) is 0 Å². The maximum Gasteiger partial charge on any atom is 0.0868 e. The van der Waals surface area contributed by atoms with E-state index in [2.05, 4.69) is 33.3 Å². The highest BCUT2D eigenvalue weighted by Gasteiger charge is 2.24. The molecule has 7 heteroatoms. The Morgan fingerprint density at radius 2 is 2.38 bits per heavy atom. The van der Waals surface area contributed by atoms with Gasteiger partial charge in [-0.25, -0.2) is 0 Å². The average molecular weight is 393 g/mol. The molecule has 0 radical (unpaired) electrons. The second-order valence-corrected chi connectivity index (χ2v) is 6.82. The molecule has 2 aromatic rings. The lowest BCUT2D eigenvalue weighted by molar-refractivity contribution is 0.182. The molecule has 1 atom stereocenters. The zero-order chi connectivity index (χ0) is 15.2. The van der Waals surface area contributed by atoms with Gasteiger partial charge in [0, 0.05) is 12.0 Å². The van der Waals surface area contributed by atoms with Gasteiger partial charge in [0.2, 0.25) is 0 Å². The smallest absolute Gasteiger partial charge is 0.0868 e. The Hall–Kier alpha value is -0.400. The molecule has 0 fully saturated rings. The van der Waals surface area contributed by atoms with E-state index in [9.17, 15) is 0 Å². The van der Waals surface area contributed by atoms with Crippen LogP contribution in [-0.4, -0.2) is 30.0 Å². The lowest BCUT2D eigenvalue weighted by Gasteiger charge is -2.20. The fourth-order valence-electron chi connectivity index (χ4n) is 2.13. The number of methoxy groups -OCH3 is 1. The van der Waals surface area contributed by atoms with Crippen molar-refractivity contribution in [2.24, 2.45) is 0 Å². The van der Waals surface area contributed by atoms with E-state index >= 15 is 0 Å². The van der Waals surface area contributed by atoms with Gasteiger partial charge in [-0.15, -0.1) is 11.3 Å². The van der Waals surface area contributed by atoms with Crippen molar-refractivity contribution in [1.82, 2.24) is 15.1 Å². The molecule has 0 spiro atoms. The first kappa shape index (κ1) is 17.0. The average Bonchev–Trinajstić information content (AvgIpc) is 3.05. The normalized spacial score (nSPS) is 12.8. The van der Waals surface area contributed by atoms with Crippen LogP contribution in [0.25, 0.3) is 0 Å². The van der Waals surface area contributed by atoms with Gasteiger partial charge in [-0.2, -0.15) is 5.10 Å². The Labute approximate surface area is 142 Å². The van der Waals surface area contributed by atoms with Crippen LogP contribution in [-0.2, 0) is 11.3 Å². The molecule has 21 heavy (non-hydrogen) atoms. The summed E-state index contributed by atoms with van der Waals surface area (Å²) in [4.78, 5) is 1.12. The first-order valence-electron chi connectivity index (χ1n) is 6.85. The number of hydrogen-bond donors (Lipinski definition) is 1. The Balaban J connectivity index is 2.36. The van der Waals surface area contributed by atoms with E-state index in [1.165, 1.54) is 0 Å². The SMILES string of the molecule is CCCNC(c1sccc1Cl)c1c(Br)cnn1CCOC. The summed E-state index contributed by atoms with van der Waals surface area (Å²) in [5, 5.41) is 10.8. The number of aromatic nitrogens is 2. The number of nitrogens with one attached hydrogen (secondary N) is 1. The molecule has 0 saturated heterocycles. The topological polar surface area (TPSA) is 39.1 Å². The third-order valence-corrected chi connectivity index (χ3v) is 5.15. The van der Waals surface area contributed by atoms with Crippen LogP contribution < -0.4 is 5.32 Å². The molecule has 0 aliphatic carbocycles. The van der Waals surface area contributed by atoms with Crippen LogP contribution >= 0.6 is 38.9 Å². The van der Waals surface area contributed by atoms with E-state index in [1.807, 2.05) is 22.3 Å². The third-order valence-electron chi connectivity index (χ3n) is 3.12. The Bertz CT molecular complexity index is 572. The Morgan fingerprint density at radius 3 is 3.00 bits per heavy atom. The van der Waals surface area contributed by atoms with E-state index in [0.29, 0.717) is 13.2 Å². The van der Waals surface area contributed by atoms with E-state index in [1.54, 1.807) is 18.4 Å². The maximum absolute atomic E-state index is 6.34. The summed E-state index contributed by atoms with van der Waals surface area (Å²) in [5.41, 5.74) is 1.09. The highest BCUT2D eigenvalue weighted by Crippen LogP contribution is 2.35. The monoisotopic (exact) mass is 391 g/mol. The number of halogens is 2. The van der Waals surface area contributed by atoms with Gasteiger partial charge in [-0.3, -0.25) is 4.68 Å². The summed E-state index contributed by atoms with van der Waals surface area (Å²) in [7, 11) is 1.70. The highest BCUT2D eigenvalue weighted by molar-refractivity contribution is 9.10. The molecule has 0 aromatic carbocycles. The minimum Gasteiger partial charge on any atom is -0.383 e. The van der Waals surface area contributed by atoms with Crippen molar-refractivity contribution in [3.63, 3.8) is 0 Å². The summed E-state index contributed by atoms with van der Waals surface area (Å²) >= 11 is 11.6. The fourth-order valence-corrected chi connectivity index (χ4v) is 3.90. The molecule has 0 saturated carbocycles. The van der Waals surface area contributed by atoms with Crippen molar-refractivity contribution in [2.75, 3.05) is 20.3 Å². The second-order valence-electron chi connectivity index (χ2n) is 4.61. The van der Waals surface area contributed by atoms with Gasteiger partial charge in [0.15, 0.2) is 0 Å². The van der Waals surface area contributed by atoms with Crippen molar-refractivity contribution in [3.05, 3.63) is 37.7 Å². The van der Waals surface area contributed by atoms with Crippen molar-refractivity contribution in [2.45, 2.75) is 25.9 Å². The Kier molecular flexibility index (Phi) is 6.70. The number of ether oxygens (including phenoxy) is 1. The van der Waals surface area contributed by atoms with Gasteiger partial charge in [-0.1, -0.05) is 18.5 Å². The molecule has 1 unspecified atom stereocenters. The van der Waals surface area contributed by atoms with Crippen molar-refractivity contribution >= 4 is 38.9 Å². The van der Waals surface area contributed by atoms with E-state index in [4.69, 9.17) is 16.3 Å². The van der Waals surface area contributed by atoms with Crippen LogP contribution in [0.1, 0.15) is 30.0 Å². The van der Waals surface area contributed by atoms with Crippen LogP contribution in [0.2, 0.25) is 5.02 Å². The van der Waals surface area contributed by atoms with E-state index in [0.717, 1.165) is 33.0 Å². The minimum atomic E-state index is 0.0335. The molecule has 2 aromatic heterocycles. The molecule has 0 amide bonds. The number of nitrogens with zero attached hydrogens (tertiary/aromatic N) is 2. The molecular weight excluding hydrogens is 374 g/mol. The molecule has 2 rings (SSSR count). The van der Waals surface area contributed by atoms with Gasteiger partial charge >= 0.3 is 0 Å². The Morgan fingerprint density at radius 1 is 1.57 bits per heavy atom. The molecule has 0 bridgehead atoms. The quantitative estimate of drug-likeness (QED) is 0.735. The number of thiophene rings is 1. The molecule has 116 valence electrons. The van der Waals surface area contributed by atoms with E-state index < -0.39 is 0 Å². The summed E-state index contributed by atoms with van der Waals surface area (Å²) in [6.45, 7) is 4.41. The molecule has 1 N–H and O–H groups in total. The summed E-state index contributed by atoms with van der Waals surface area (Å²) in [5.74, 6) is 0. The third kappa shape index (κ3) is 4.07. The van der Waals surface area contributed by atoms with Crippen LogP contribution in [0.5, 0.6) is 0 Å². The van der Waals surface area contributed by atoms with Crippen molar-refractivity contribution < 1.29 is 4.74 Å². The number of hydrogen-bond acceptors (Lipinski definition) is 4. The summed E-state index contributed by atoms with van der Waals surface area (Å²) < 4.78 is 8.12. The van der Waals surface area contributed by atoms with Gasteiger partial charge in [-0.05, 0) is 40.3 Å². The zero-order valence-corrected chi connectivity index (χ0v) is 15.3. The number of rotatable bonds is 8. The fraction of sp³-hybridized carbons (Fsp3) is 0.500. The predicted octanol–water partition coefficient (Wildman–Crippen LogP) is 4.10. The first-order valence-corrected chi connectivity index (χ1v) is 8.90. The first-order chi connectivity index (χ1) is 10.2. The van der Waals surface area contributed by atoms with Crippen LogP contribution in [0.3, 0.4) is 0 Å². The zero-order valence-electron chi connectivity index (χ0n) is 12.1. The van der Waals surface area contributed by atoms with Gasteiger partial charge < -0.3 is 10.1 Å². The molecular formula is C14H19BrClN3OS. The van der Waals surface area contributed by atoms with Crippen molar-refractivity contribution in [3.8, 4) is 0 Å². The standard InChI is InChI=1S/C14H19BrClN3OS/c1-3-5-17-12(14-11(16)4-8-21-14)13-10(15)9-18-19(13)6-7-20-2/h4,8-9,12,17H,3,5-7H2,1-2H3. The van der Waals surface area contributed by atoms with Gasteiger partial charge in [0.25, 0.3) is 0 Å².